The quantitative estimate of drug-likeness (QED) is 0.722. The second-order valence-electron chi connectivity index (χ2n) is 8.00. The molecule has 1 aliphatic carbocycles. The number of likely N-dealkylation sites (tertiary alicyclic amines) is 1. The lowest BCUT2D eigenvalue weighted by Gasteiger charge is -2.48. The Morgan fingerprint density at radius 2 is 1.93 bits per heavy atom. The average molecular weight is 400 g/mol. The van der Waals surface area contributed by atoms with Crippen LogP contribution in [0.3, 0.4) is 0 Å². The lowest BCUT2D eigenvalue weighted by molar-refractivity contribution is 0.0298. The highest BCUT2D eigenvalue weighted by Crippen LogP contribution is 2.40. The lowest BCUT2D eigenvalue weighted by atomic mass is 9.71. The van der Waals surface area contributed by atoms with Crippen molar-refractivity contribution < 1.29 is 9.53 Å². The van der Waals surface area contributed by atoms with E-state index in [2.05, 4.69) is 36.1 Å². The van der Waals surface area contributed by atoms with Crippen molar-refractivity contribution in [2.75, 3.05) is 20.2 Å². The molecule has 0 amide bonds. The SMILES string of the molecule is COc1ccc2c(c1)CC[C@]1(CCCCN1CCc1ccccc1C)C2=O.Cl. The number of nitrogens with zero attached hydrogens (tertiary/aromatic N) is 1. The molecular weight excluding hydrogens is 370 g/mol. The molecule has 1 saturated heterocycles. The predicted molar refractivity (Wildman–Crippen MR) is 116 cm³/mol. The minimum atomic E-state index is -0.303. The summed E-state index contributed by atoms with van der Waals surface area (Å²) in [5.41, 5.74) is 4.49. The molecule has 4 heteroatoms. The highest BCUT2D eigenvalue weighted by Gasteiger charge is 2.47. The van der Waals surface area contributed by atoms with E-state index in [4.69, 9.17) is 4.74 Å². The Bertz CT molecular complexity index is 850. The highest BCUT2D eigenvalue weighted by atomic mass is 35.5. The summed E-state index contributed by atoms with van der Waals surface area (Å²) in [5, 5.41) is 0. The number of methoxy groups -OCH3 is 1. The van der Waals surface area contributed by atoms with Crippen molar-refractivity contribution >= 4 is 18.2 Å². The van der Waals surface area contributed by atoms with Gasteiger partial charge >= 0.3 is 0 Å². The van der Waals surface area contributed by atoms with E-state index in [1.54, 1.807) is 7.11 Å². The molecule has 0 radical (unpaired) electrons. The van der Waals surface area contributed by atoms with E-state index in [-0.39, 0.29) is 17.9 Å². The van der Waals surface area contributed by atoms with Crippen LogP contribution < -0.4 is 4.74 Å². The number of piperidine rings is 1. The summed E-state index contributed by atoms with van der Waals surface area (Å²) < 4.78 is 5.35. The van der Waals surface area contributed by atoms with Crippen molar-refractivity contribution in [2.45, 2.75) is 51.0 Å². The Labute approximate surface area is 174 Å². The van der Waals surface area contributed by atoms with E-state index in [0.29, 0.717) is 5.78 Å². The van der Waals surface area contributed by atoms with Crippen LogP contribution in [-0.4, -0.2) is 36.4 Å². The molecular formula is C24H30ClNO2. The van der Waals surface area contributed by atoms with Gasteiger partial charge in [-0.25, -0.2) is 0 Å². The largest absolute Gasteiger partial charge is 0.497 e. The summed E-state index contributed by atoms with van der Waals surface area (Å²) in [7, 11) is 1.68. The van der Waals surface area contributed by atoms with E-state index >= 15 is 0 Å². The fraction of sp³-hybridized carbons (Fsp3) is 0.458. The molecule has 150 valence electrons. The molecule has 1 spiro atoms. The number of ether oxygens (including phenoxy) is 1. The van der Waals surface area contributed by atoms with Crippen LogP contribution >= 0.6 is 12.4 Å². The van der Waals surface area contributed by atoms with Crippen LogP contribution in [-0.2, 0) is 12.8 Å². The number of ketones is 1. The summed E-state index contributed by atoms with van der Waals surface area (Å²) in [6, 6.07) is 14.6. The van der Waals surface area contributed by atoms with Crippen molar-refractivity contribution in [1.29, 1.82) is 0 Å². The maximum Gasteiger partial charge on any atom is 0.183 e. The summed E-state index contributed by atoms with van der Waals surface area (Å²) in [5.74, 6) is 1.17. The van der Waals surface area contributed by atoms with E-state index in [1.807, 2.05) is 18.2 Å². The van der Waals surface area contributed by atoms with Crippen LogP contribution in [0.25, 0.3) is 0 Å². The van der Waals surface area contributed by atoms with Crippen molar-refractivity contribution in [1.82, 2.24) is 4.90 Å². The molecule has 2 aromatic rings. The molecule has 3 nitrogen and oxygen atoms in total. The molecule has 4 rings (SSSR count). The third kappa shape index (κ3) is 3.70. The minimum absolute atomic E-state index is 0. The zero-order valence-corrected chi connectivity index (χ0v) is 17.7. The number of carbonyl (C=O) groups excluding carboxylic acids is 1. The number of hydrogen-bond donors (Lipinski definition) is 0. The van der Waals surface area contributed by atoms with Crippen LogP contribution in [0.1, 0.15) is 52.7 Å². The molecule has 1 fully saturated rings. The summed E-state index contributed by atoms with van der Waals surface area (Å²) in [6.45, 7) is 4.17. The van der Waals surface area contributed by atoms with Gasteiger partial charge in [-0.15, -0.1) is 12.4 Å². The molecule has 28 heavy (non-hydrogen) atoms. The molecule has 1 atom stereocenters. The number of halogens is 1. The van der Waals surface area contributed by atoms with E-state index in [9.17, 15) is 4.79 Å². The molecule has 1 aliphatic heterocycles. The Morgan fingerprint density at radius 3 is 2.71 bits per heavy atom. The number of carbonyl (C=O) groups is 1. The first kappa shape index (κ1) is 20.9. The Hall–Kier alpha value is -1.84. The first-order valence-corrected chi connectivity index (χ1v) is 10.2. The predicted octanol–water partition coefficient (Wildman–Crippen LogP) is 5.02. The maximum absolute atomic E-state index is 13.6. The number of aryl methyl sites for hydroxylation is 2. The average Bonchev–Trinajstić information content (AvgIpc) is 2.71. The molecule has 0 saturated carbocycles. The van der Waals surface area contributed by atoms with Gasteiger partial charge in [-0.2, -0.15) is 0 Å². The van der Waals surface area contributed by atoms with Crippen molar-refractivity contribution in [2.24, 2.45) is 0 Å². The smallest absolute Gasteiger partial charge is 0.183 e. The zero-order chi connectivity index (χ0) is 18.9. The molecule has 0 bridgehead atoms. The van der Waals surface area contributed by atoms with Gasteiger partial charge in [0.05, 0.1) is 12.6 Å². The van der Waals surface area contributed by atoms with Gasteiger partial charge in [0.15, 0.2) is 5.78 Å². The first-order chi connectivity index (χ1) is 13.1. The van der Waals surface area contributed by atoms with Gasteiger partial charge in [0.2, 0.25) is 0 Å². The van der Waals surface area contributed by atoms with Gasteiger partial charge in [0, 0.05) is 12.1 Å². The Morgan fingerprint density at radius 1 is 1.11 bits per heavy atom. The van der Waals surface area contributed by atoms with Crippen LogP contribution in [0.2, 0.25) is 0 Å². The van der Waals surface area contributed by atoms with E-state index < -0.39 is 0 Å². The maximum atomic E-state index is 13.6. The monoisotopic (exact) mass is 399 g/mol. The van der Waals surface area contributed by atoms with Gasteiger partial charge in [-0.1, -0.05) is 24.3 Å². The second kappa shape index (κ2) is 8.67. The van der Waals surface area contributed by atoms with Gasteiger partial charge in [0.1, 0.15) is 5.75 Å². The third-order valence-electron chi connectivity index (χ3n) is 6.57. The topological polar surface area (TPSA) is 29.5 Å². The lowest BCUT2D eigenvalue weighted by Crippen LogP contribution is -2.59. The normalized spacial score (nSPS) is 21.9. The molecule has 0 aromatic heterocycles. The Kier molecular flexibility index (Phi) is 6.47. The minimum Gasteiger partial charge on any atom is -0.497 e. The van der Waals surface area contributed by atoms with Crippen LogP contribution in [0.15, 0.2) is 42.5 Å². The number of fused-ring (bicyclic) bond motifs is 1. The van der Waals surface area contributed by atoms with Crippen LogP contribution in [0.5, 0.6) is 5.75 Å². The highest BCUT2D eigenvalue weighted by molar-refractivity contribution is 6.05. The van der Waals surface area contributed by atoms with Crippen LogP contribution in [0.4, 0.5) is 0 Å². The number of hydrogen-bond acceptors (Lipinski definition) is 3. The molecule has 2 aliphatic rings. The van der Waals surface area contributed by atoms with Crippen molar-refractivity contribution in [3.8, 4) is 5.75 Å². The molecule has 0 N–H and O–H groups in total. The molecule has 2 aromatic carbocycles. The zero-order valence-electron chi connectivity index (χ0n) is 16.9. The van der Waals surface area contributed by atoms with Gasteiger partial charge < -0.3 is 4.74 Å². The van der Waals surface area contributed by atoms with E-state index in [1.165, 1.54) is 17.5 Å². The standard InChI is InChI=1S/C24H29NO2.ClH/c1-18-7-3-4-8-19(18)12-16-25-15-6-5-13-24(25)14-11-20-17-21(27-2)9-10-22(20)23(24)26;/h3-4,7-10,17H,5-6,11-16H2,1-2H3;1H/t24-;/m1./s1. The Balaban J connectivity index is 0.00000225. The van der Waals surface area contributed by atoms with Gasteiger partial charge in [-0.3, -0.25) is 9.69 Å². The van der Waals surface area contributed by atoms with Crippen molar-refractivity contribution in [3.05, 3.63) is 64.7 Å². The summed E-state index contributed by atoms with van der Waals surface area (Å²) >= 11 is 0. The fourth-order valence-electron chi connectivity index (χ4n) is 4.94. The van der Waals surface area contributed by atoms with Gasteiger partial charge in [0.25, 0.3) is 0 Å². The van der Waals surface area contributed by atoms with Crippen LogP contribution in [0, 0.1) is 6.92 Å². The van der Waals surface area contributed by atoms with E-state index in [0.717, 1.165) is 62.1 Å². The third-order valence-corrected chi connectivity index (χ3v) is 6.57. The second-order valence-corrected chi connectivity index (χ2v) is 8.00. The fourth-order valence-corrected chi connectivity index (χ4v) is 4.94. The summed E-state index contributed by atoms with van der Waals surface area (Å²) in [4.78, 5) is 16.1. The molecule has 1 heterocycles. The first-order valence-electron chi connectivity index (χ1n) is 10.2. The number of Topliss-reactive ketones (excluding diaryl/α,β-unsaturated/α-hetero) is 1. The summed E-state index contributed by atoms with van der Waals surface area (Å²) in [6.07, 6.45) is 6.23. The number of benzene rings is 2. The number of rotatable bonds is 4. The van der Waals surface area contributed by atoms with Gasteiger partial charge in [-0.05, 0) is 86.9 Å². The molecule has 0 unspecified atom stereocenters. The van der Waals surface area contributed by atoms with Crippen molar-refractivity contribution in [3.63, 3.8) is 0 Å².